The van der Waals surface area contributed by atoms with E-state index in [-0.39, 0.29) is 24.3 Å². The Hall–Kier alpha value is -1.47. The van der Waals surface area contributed by atoms with E-state index in [0.717, 1.165) is 44.8 Å². The van der Waals surface area contributed by atoms with Crippen LogP contribution in [0.15, 0.2) is 22.8 Å². The summed E-state index contributed by atoms with van der Waals surface area (Å²) < 4.78 is 37.1. The molecule has 3 aliphatic rings. The van der Waals surface area contributed by atoms with Crippen LogP contribution in [0.25, 0.3) is 0 Å². The molecule has 1 aliphatic carbocycles. The standard InChI is InChI=1S/C18H24F2N2O3/c19-18(20)8-13(9-18)16(23)21-5-3-14-4-7-25-17(14)11-22(12-17)10-15-2-1-6-24-15/h1-2,6,13-14H,3-5,7-12H2,(H,21,23)/t14-/m1/s1. The molecule has 0 aromatic carbocycles. The summed E-state index contributed by atoms with van der Waals surface area (Å²) >= 11 is 0. The molecular formula is C18H24F2N2O3. The molecule has 2 aliphatic heterocycles. The minimum Gasteiger partial charge on any atom is -0.468 e. The fourth-order valence-electron chi connectivity index (χ4n) is 4.35. The molecule has 1 saturated carbocycles. The monoisotopic (exact) mass is 354 g/mol. The highest BCUT2D eigenvalue weighted by atomic mass is 19.3. The molecule has 1 aromatic heterocycles. The SMILES string of the molecule is O=C(NCC[C@@H]1CCOC12CN(Cc1ccco1)C2)C1CC(F)(F)C1. The van der Waals surface area contributed by atoms with E-state index in [9.17, 15) is 13.6 Å². The van der Waals surface area contributed by atoms with Crippen molar-refractivity contribution in [2.45, 2.75) is 43.8 Å². The van der Waals surface area contributed by atoms with E-state index < -0.39 is 11.8 Å². The van der Waals surface area contributed by atoms with E-state index in [1.165, 1.54) is 0 Å². The normalized spacial score (nSPS) is 27.8. The minimum absolute atomic E-state index is 0.110. The fourth-order valence-corrected chi connectivity index (χ4v) is 4.35. The number of rotatable bonds is 6. The maximum Gasteiger partial charge on any atom is 0.249 e. The number of nitrogens with one attached hydrogen (secondary N) is 1. The van der Waals surface area contributed by atoms with E-state index in [0.29, 0.717) is 12.5 Å². The van der Waals surface area contributed by atoms with Gasteiger partial charge in [0.2, 0.25) is 11.8 Å². The average Bonchev–Trinajstić information content (AvgIpc) is 3.14. The van der Waals surface area contributed by atoms with Crippen molar-refractivity contribution in [3.05, 3.63) is 24.2 Å². The number of carbonyl (C=O) groups excluding carboxylic acids is 1. The molecule has 3 heterocycles. The quantitative estimate of drug-likeness (QED) is 0.852. The summed E-state index contributed by atoms with van der Waals surface area (Å²) in [7, 11) is 0. The highest BCUT2D eigenvalue weighted by Crippen LogP contribution is 2.43. The van der Waals surface area contributed by atoms with Gasteiger partial charge in [0.1, 0.15) is 5.76 Å². The molecule has 0 unspecified atom stereocenters. The topological polar surface area (TPSA) is 54.7 Å². The van der Waals surface area contributed by atoms with Crippen molar-refractivity contribution in [2.75, 3.05) is 26.2 Å². The van der Waals surface area contributed by atoms with Crippen LogP contribution in [0, 0.1) is 11.8 Å². The van der Waals surface area contributed by atoms with Crippen molar-refractivity contribution in [3.8, 4) is 0 Å². The molecule has 1 amide bonds. The Bertz CT molecular complexity index is 606. The van der Waals surface area contributed by atoms with Gasteiger partial charge < -0.3 is 14.5 Å². The molecular weight excluding hydrogens is 330 g/mol. The van der Waals surface area contributed by atoms with Crippen LogP contribution in [0.4, 0.5) is 8.78 Å². The number of amides is 1. The van der Waals surface area contributed by atoms with Crippen molar-refractivity contribution in [2.24, 2.45) is 11.8 Å². The molecule has 1 N–H and O–H groups in total. The van der Waals surface area contributed by atoms with Gasteiger partial charge in [0.05, 0.1) is 18.4 Å². The minimum atomic E-state index is -2.64. The molecule has 0 bridgehead atoms. The van der Waals surface area contributed by atoms with Gasteiger partial charge in [0.15, 0.2) is 0 Å². The van der Waals surface area contributed by atoms with Crippen LogP contribution in [0.5, 0.6) is 0 Å². The summed E-state index contributed by atoms with van der Waals surface area (Å²) in [4.78, 5) is 14.2. The van der Waals surface area contributed by atoms with Crippen molar-refractivity contribution in [3.63, 3.8) is 0 Å². The van der Waals surface area contributed by atoms with Crippen molar-refractivity contribution in [1.29, 1.82) is 0 Å². The van der Waals surface area contributed by atoms with Gasteiger partial charge in [-0.2, -0.15) is 0 Å². The number of furan rings is 1. The Morgan fingerprint density at radius 2 is 2.16 bits per heavy atom. The van der Waals surface area contributed by atoms with Crippen molar-refractivity contribution >= 4 is 5.91 Å². The highest BCUT2D eigenvalue weighted by molar-refractivity contribution is 5.79. The first-order valence-electron chi connectivity index (χ1n) is 9.00. The van der Waals surface area contributed by atoms with E-state index in [2.05, 4.69) is 10.2 Å². The maximum absolute atomic E-state index is 12.8. The van der Waals surface area contributed by atoms with Gasteiger partial charge in [-0.05, 0) is 30.9 Å². The van der Waals surface area contributed by atoms with Gasteiger partial charge >= 0.3 is 0 Å². The first kappa shape index (κ1) is 17.0. The summed E-state index contributed by atoms with van der Waals surface area (Å²) in [5.41, 5.74) is -0.110. The van der Waals surface area contributed by atoms with E-state index >= 15 is 0 Å². The zero-order valence-electron chi connectivity index (χ0n) is 14.2. The van der Waals surface area contributed by atoms with E-state index in [1.54, 1.807) is 6.26 Å². The molecule has 2 saturated heterocycles. The van der Waals surface area contributed by atoms with E-state index in [4.69, 9.17) is 9.15 Å². The maximum atomic E-state index is 12.8. The van der Waals surface area contributed by atoms with Gasteiger partial charge in [0.25, 0.3) is 0 Å². The number of halogens is 2. The zero-order chi connectivity index (χ0) is 17.5. The number of hydrogen-bond acceptors (Lipinski definition) is 4. The molecule has 4 rings (SSSR count). The number of likely N-dealkylation sites (tertiary alicyclic amines) is 1. The third kappa shape index (κ3) is 3.44. The number of ether oxygens (including phenoxy) is 1. The fraction of sp³-hybridized carbons (Fsp3) is 0.722. The van der Waals surface area contributed by atoms with Gasteiger partial charge in [-0.1, -0.05) is 0 Å². The third-order valence-electron chi connectivity index (χ3n) is 5.79. The number of nitrogens with zero attached hydrogens (tertiary/aromatic N) is 1. The van der Waals surface area contributed by atoms with Crippen LogP contribution in [-0.2, 0) is 16.1 Å². The molecule has 1 atom stereocenters. The van der Waals surface area contributed by atoms with E-state index in [1.807, 2.05) is 12.1 Å². The molecule has 5 nitrogen and oxygen atoms in total. The zero-order valence-corrected chi connectivity index (χ0v) is 14.2. The second kappa shape index (κ2) is 6.36. The predicted octanol–water partition coefficient (Wildman–Crippen LogP) is 2.42. The largest absolute Gasteiger partial charge is 0.468 e. The lowest BCUT2D eigenvalue weighted by molar-refractivity contribution is -0.150. The summed E-state index contributed by atoms with van der Waals surface area (Å²) in [5, 5.41) is 2.83. The average molecular weight is 354 g/mol. The van der Waals surface area contributed by atoms with Gasteiger partial charge in [-0.25, -0.2) is 8.78 Å². The van der Waals surface area contributed by atoms with Crippen LogP contribution in [0.3, 0.4) is 0 Å². The van der Waals surface area contributed by atoms with Crippen LogP contribution in [-0.4, -0.2) is 48.6 Å². The second-order valence-electron chi connectivity index (χ2n) is 7.66. The Morgan fingerprint density at radius 1 is 1.36 bits per heavy atom. The first-order valence-corrected chi connectivity index (χ1v) is 9.00. The van der Waals surface area contributed by atoms with Gasteiger partial charge in [0, 0.05) is 45.0 Å². The molecule has 25 heavy (non-hydrogen) atoms. The number of carbonyl (C=O) groups is 1. The number of hydrogen-bond donors (Lipinski definition) is 1. The smallest absolute Gasteiger partial charge is 0.249 e. The predicted molar refractivity (Wildman–Crippen MR) is 86.1 cm³/mol. The van der Waals surface area contributed by atoms with Crippen LogP contribution >= 0.6 is 0 Å². The van der Waals surface area contributed by atoms with Crippen LogP contribution in [0.2, 0.25) is 0 Å². The van der Waals surface area contributed by atoms with Crippen LogP contribution in [0.1, 0.15) is 31.4 Å². The van der Waals surface area contributed by atoms with Gasteiger partial charge in [-0.15, -0.1) is 0 Å². The summed E-state index contributed by atoms with van der Waals surface area (Å²) in [6.45, 7) is 3.83. The first-order chi connectivity index (χ1) is 12.0. The lowest BCUT2D eigenvalue weighted by Gasteiger charge is -2.50. The molecule has 138 valence electrons. The Morgan fingerprint density at radius 3 is 2.84 bits per heavy atom. The third-order valence-corrected chi connectivity index (χ3v) is 5.79. The molecule has 1 aromatic rings. The lowest BCUT2D eigenvalue weighted by atomic mass is 9.78. The van der Waals surface area contributed by atoms with Crippen molar-refractivity contribution in [1.82, 2.24) is 10.2 Å². The number of alkyl halides is 2. The lowest BCUT2D eigenvalue weighted by Crippen LogP contribution is -2.64. The molecule has 3 fully saturated rings. The Balaban J connectivity index is 1.20. The molecule has 0 radical (unpaired) electrons. The Kier molecular flexibility index (Phi) is 4.32. The van der Waals surface area contributed by atoms with Crippen molar-refractivity contribution < 1.29 is 22.7 Å². The van der Waals surface area contributed by atoms with Gasteiger partial charge in [-0.3, -0.25) is 9.69 Å². The van der Waals surface area contributed by atoms with Crippen LogP contribution < -0.4 is 5.32 Å². The second-order valence-corrected chi connectivity index (χ2v) is 7.66. The highest BCUT2D eigenvalue weighted by Gasteiger charge is 2.53. The summed E-state index contributed by atoms with van der Waals surface area (Å²) in [6.07, 6.45) is 2.89. The molecule has 1 spiro atoms. The summed E-state index contributed by atoms with van der Waals surface area (Å²) in [6, 6.07) is 3.86. The summed E-state index contributed by atoms with van der Waals surface area (Å²) in [5.74, 6) is -2.03. The Labute approximate surface area is 145 Å². The molecule has 7 heteroatoms.